The van der Waals surface area contributed by atoms with Crippen LogP contribution < -0.4 is 0 Å². The average Bonchev–Trinajstić information content (AvgIpc) is 2.89. The van der Waals surface area contributed by atoms with Crippen LogP contribution in [0.2, 0.25) is 0 Å². The minimum atomic E-state index is -4.48. The molecule has 30 heavy (non-hydrogen) atoms. The zero-order valence-electron chi connectivity index (χ0n) is 16.6. The second-order valence-electron chi connectivity index (χ2n) is 7.54. The first kappa shape index (κ1) is 22.1. The largest absolute Gasteiger partial charge is 0.466 e. The lowest BCUT2D eigenvalue weighted by atomic mass is 9.76. The van der Waals surface area contributed by atoms with E-state index in [9.17, 15) is 32.7 Å². The summed E-state index contributed by atoms with van der Waals surface area (Å²) in [4.78, 5) is 40.3. The smallest absolute Gasteiger partial charge is 0.416 e. The molecule has 0 bridgehead atoms. The van der Waals surface area contributed by atoms with Gasteiger partial charge in [-0.2, -0.15) is 13.2 Å². The summed E-state index contributed by atoms with van der Waals surface area (Å²) in [5, 5.41) is 10.3. The Kier molecular flexibility index (Phi) is 5.81. The van der Waals surface area contributed by atoms with Crippen molar-refractivity contribution in [3.05, 3.63) is 35.4 Å². The van der Waals surface area contributed by atoms with Gasteiger partial charge >= 0.3 is 12.1 Å². The van der Waals surface area contributed by atoms with Gasteiger partial charge in [-0.25, -0.2) is 0 Å². The first-order valence-electron chi connectivity index (χ1n) is 9.62. The first-order valence-corrected chi connectivity index (χ1v) is 9.62. The molecular weight excluding hydrogens is 405 g/mol. The number of likely N-dealkylation sites (N-methyl/N-ethyl adjacent to an activating group) is 1. The van der Waals surface area contributed by atoms with Gasteiger partial charge in [-0.05, 0) is 44.0 Å². The summed E-state index contributed by atoms with van der Waals surface area (Å²) in [6.07, 6.45) is -5.52. The second-order valence-corrected chi connectivity index (χ2v) is 7.54. The summed E-state index contributed by atoms with van der Waals surface area (Å²) in [5.41, 5.74) is -1.69. The van der Waals surface area contributed by atoms with Crippen LogP contribution in [0.1, 0.15) is 35.7 Å². The van der Waals surface area contributed by atoms with Gasteiger partial charge in [0.1, 0.15) is 12.0 Å². The highest BCUT2D eigenvalue weighted by Crippen LogP contribution is 2.43. The molecule has 0 saturated carbocycles. The van der Waals surface area contributed by atoms with Crippen molar-refractivity contribution < 1.29 is 37.4 Å². The van der Waals surface area contributed by atoms with Gasteiger partial charge in [0.05, 0.1) is 17.7 Å². The van der Waals surface area contributed by atoms with Gasteiger partial charge in [0, 0.05) is 25.7 Å². The topological polar surface area (TPSA) is 87.2 Å². The number of esters is 1. The molecule has 2 aliphatic rings. The molecule has 1 N–H and O–H groups in total. The summed E-state index contributed by atoms with van der Waals surface area (Å²) < 4.78 is 43.2. The van der Waals surface area contributed by atoms with E-state index in [-0.39, 0.29) is 38.1 Å². The summed E-state index contributed by atoms with van der Waals surface area (Å²) in [5.74, 6) is -2.72. The molecule has 10 heteroatoms. The van der Waals surface area contributed by atoms with E-state index in [0.717, 1.165) is 24.3 Å². The number of amides is 2. The third-order valence-electron chi connectivity index (χ3n) is 6.06. The fourth-order valence-electron chi connectivity index (χ4n) is 4.37. The number of hydrogen-bond acceptors (Lipinski definition) is 5. The number of halogens is 3. The van der Waals surface area contributed by atoms with Gasteiger partial charge in [-0.1, -0.05) is 0 Å². The molecule has 0 radical (unpaired) electrons. The highest BCUT2D eigenvalue weighted by Gasteiger charge is 2.61. The van der Waals surface area contributed by atoms with Crippen molar-refractivity contribution in [2.75, 3.05) is 26.7 Å². The highest BCUT2D eigenvalue weighted by atomic mass is 19.4. The van der Waals surface area contributed by atoms with E-state index < -0.39 is 47.1 Å². The number of piperidine rings is 1. The van der Waals surface area contributed by atoms with Crippen molar-refractivity contribution in [3.63, 3.8) is 0 Å². The SMILES string of the molecule is CCOC(=O)[C@@H]1[C@@H](O)C(=O)N(C)C12CCN(C(=O)c1ccc(C(F)(F)F)cc1)CC2. The zero-order chi connectivity index (χ0) is 22.3. The van der Waals surface area contributed by atoms with E-state index in [1.807, 2.05) is 0 Å². The number of carbonyl (C=O) groups is 3. The van der Waals surface area contributed by atoms with Gasteiger partial charge in [-0.15, -0.1) is 0 Å². The molecule has 0 aromatic heterocycles. The van der Waals surface area contributed by atoms with Crippen LogP contribution in [0.4, 0.5) is 13.2 Å². The third kappa shape index (κ3) is 3.64. The van der Waals surface area contributed by atoms with E-state index in [0.29, 0.717) is 0 Å². The quantitative estimate of drug-likeness (QED) is 0.741. The van der Waals surface area contributed by atoms with Crippen molar-refractivity contribution in [1.82, 2.24) is 9.80 Å². The lowest BCUT2D eigenvalue weighted by Crippen LogP contribution is -2.57. The zero-order valence-corrected chi connectivity index (χ0v) is 16.6. The molecule has 2 amide bonds. The number of aliphatic hydroxyl groups excluding tert-OH is 1. The predicted molar refractivity (Wildman–Crippen MR) is 98.2 cm³/mol. The van der Waals surface area contributed by atoms with E-state index in [1.165, 1.54) is 16.8 Å². The normalized spacial score (nSPS) is 23.7. The maximum Gasteiger partial charge on any atom is 0.416 e. The minimum Gasteiger partial charge on any atom is -0.466 e. The highest BCUT2D eigenvalue weighted by molar-refractivity contribution is 5.95. The number of carbonyl (C=O) groups excluding carboxylic acids is 3. The Balaban J connectivity index is 1.76. The molecule has 2 saturated heterocycles. The number of ether oxygens (including phenoxy) is 1. The molecular formula is C20H23F3N2O5. The number of aliphatic hydroxyl groups is 1. The van der Waals surface area contributed by atoms with Crippen LogP contribution in [0.5, 0.6) is 0 Å². The Bertz CT molecular complexity index is 832. The molecule has 2 fully saturated rings. The number of hydrogen-bond donors (Lipinski definition) is 1. The lowest BCUT2D eigenvalue weighted by molar-refractivity contribution is -0.156. The van der Waals surface area contributed by atoms with Crippen LogP contribution in [0, 0.1) is 5.92 Å². The number of benzene rings is 1. The molecule has 0 aliphatic carbocycles. The molecule has 2 atom stereocenters. The van der Waals surface area contributed by atoms with Crippen LogP contribution in [0.3, 0.4) is 0 Å². The van der Waals surface area contributed by atoms with Crippen LogP contribution in [-0.2, 0) is 20.5 Å². The first-order chi connectivity index (χ1) is 14.0. The average molecular weight is 428 g/mol. The Hall–Kier alpha value is -2.62. The standard InChI is InChI=1S/C20H23F3N2O5/c1-3-30-18(29)14-15(26)17(28)24(2)19(14)8-10-25(11-9-19)16(27)12-4-6-13(7-5-12)20(21,22)23/h4-7,14-15,26H,3,8-11H2,1-2H3/t14-,15+/m0/s1. The van der Waals surface area contributed by atoms with Gasteiger partial charge in [0.25, 0.3) is 11.8 Å². The van der Waals surface area contributed by atoms with E-state index in [2.05, 4.69) is 0 Å². The minimum absolute atomic E-state index is 0.106. The summed E-state index contributed by atoms with van der Waals surface area (Å²) in [6, 6.07) is 3.97. The fourth-order valence-corrected chi connectivity index (χ4v) is 4.37. The molecule has 164 valence electrons. The summed E-state index contributed by atoms with van der Waals surface area (Å²) >= 11 is 0. The Morgan fingerprint density at radius 3 is 2.27 bits per heavy atom. The molecule has 1 aromatic rings. The van der Waals surface area contributed by atoms with Crippen molar-refractivity contribution in [2.45, 2.75) is 37.6 Å². The molecule has 0 unspecified atom stereocenters. The van der Waals surface area contributed by atoms with Crippen molar-refractivity contribution in [1.29, 1.82) is 0 Å². The Morgan fingerprint density at radius 2 is 1.77 bits per heavy atom. The number of alkyl halides is 3. The van der Waals surface area contributed by atoms with E-state index >= 15 is 0 Å². The van der Waals surface area contributed by atoms with Crippen molar-refractivity contribution >= 4 is 17.8 Å². The van der Waals surface area contributed by atoms with Crippen LogP contribution in [0.25, 0.3) is 0 Å². The number of likely N-dealkylation sites (tertiary alicyclic amines) is 2. The van der Waals surface area contributed by atoms with Gasteiger partial charge in [-0.3, -0.25) is 14.4 Å². The molecule has 7 nitrogen and oxygen atoms in total. The second kappa shape index (κ2) is 7.90. The molecule has 2 heterocycles. The molecule has 1 aromatic carbocycles. The van der Waals surface area contributed by atoms with Crippen molar-refractivity contribution in [2.24, 2.45) is 5.92 Å². The maximum absolute atomic E-state index is 12.7. The van der Waals surface area contributed by atoms with Crippen molar-refractivity contribution in [3.8, 4) is 0 Å². The fraction of sp³-hybridized carbons (Fsp3) is 0.550. The summed E-state index contributed by atoms with van der Waals surface area (Å²) in [7, 11) is 1.51. The van der Waals surface area contributed by atoms with Crippen LogP contribution in [0.15, 0.2) is 24.3 Å². The molecule has 3 rings (SSSR count). The number of rotatable bonds is 3. The molecule has 1 spiro atoms. The van der Waals surface area contributed by atoms with Gasteiger partial charge in [0.15, 0.2) is 0 Å². The van der Waals surface area contributed by atoms with E-state index in [4.69, 9.17) is 4.74 Å². The number of nitrogens with zero attached hydrogens (tertiary/aromatic N) is 2. The van der Waals surface area contributed by atoms with Crippen LogP contribution >= 0.6 is 0 Å². The van der Waals surface area contributed by atoms with Crippen LogP contribution in [-0.4, -0.2) is 71.1 Å². The van der Waals surface area contributed by atoms with Gasteiger partial charge < -0.3 is 19.6 Å². The monoisotopic (exact) mass is 428 g/mol. The summed E-state index contributed by atoms with van der Waals surface area (Å²) in [6.45, 7) is 2.09. The lowest BCUT2D eigenvalue weighted by Gasteiger charge is -2.45. The van der Waals surface area contributed by atoms with Gasteiger partial charge in [0.2, 0.25) is 0 Å². The Labute approximate surface area is 171 Å². The van der Waals surface area contributed by atoms with E-state index in [1.54, 1.807) is 6.92 Å². The predicted octanol–water partition coefficient (Wildman–Crippen LogP) is 1.69. The Morgan fingerprint density at radius 1 is 1.20 bits per heavy atom. The molecule has 2 aliphatic heterocycles. The third-order valence-corrected chi connectivity index (χ3v) is 6.06. The maximum atomic E-state index is 12.7.